The van der Waals surface area contributed by atoms with Crippen LogP contribution in [0, 0.1) is 11.3 Å². The first kappa shape index (κ1) is 11.4. The van der Waals surface area contributed by atoms with Gasteiger partial charge in [-0.25, -0.2) is 4.98 Å². The normalized spacial score (nSPS) is 11.5. The first-order valence-electron chi connectivity index (χ1n) is 4.23. The summed E-state index contributed by atoms with van der Waals surface area (Å²) in [7, 11) is 0. The summed E-state index contributed by atoms with van der Waals surface area (Å²) < 4.78 is 4.72. The molecule has 0 aliphatic carbocycles. The number of nitriles is 1. The molecule has 0 saturated carbocycles. The van der Waals surface area contributed by atoms with Gasteiger partial charge >= 0.3 is 5.97 Å². The van der Waals surface area contributed by atoms with Gasteiger partial charge in [-0.05, 0) is 6.92 Å². The molecule has 0 N–H and O–H groups in total. The summed E-state index contributed by atoms with van der Waals surface area (Å²) in [6, 6.07) is 1.78. The highest BCUT2D eigenvalue weighted by molar-refractivity contribution is 6.30. The Balaban J connectivity index is 2.99. The highest BCUT2D eigenvalue weighted by Crippen LogP contribution is 2.20. The third-order valence-electron chi connectivity index (χ3n) is 1.60. The van der Waals surface area contributed by atoms with E-state index in [0.29, 0.717) is 0 Å². The largest absolute Gasteiger partial charge is 0.465 e. The van der Waals surface area contributed by atoms with E-state index in [4.69, 9.17) is 21.6 Å². The fourth-order valence-electron chi connectivity index (χ4n) is 0.977. The van der Waals surface area contributed by atoms with E-state index in [1.165, 1.54) is 12.4 Å². The standard InChI is InChI=1S/C9H8ClN3O2/c1-2-15-9(14)6(5-11)7-8(10)13-4-3-12-7/h3-4,6H,2H2,1H3/t6-/m0/s1. The molecule has 0 spiro atoms. The topological polar surface area (TPSA) is 75.9 Å². The molecule has 0 aliphatic heterocycles. The molecule has 0 fully saturated rings. The molecule has 1 rings (SSSR count). The van der Waals surface area contributed by atoms with Gasteiger partial charge in [0, 0.05) is 12.4 Å². The number of carbonyl (C=O) groups excluding carboxylic acids is 1. The van der Waals surface area contributed by atoms with E-state index in [1.54, 1.807) is 13.0 Å². The van der Waals surface area contributed by atoms with Crippen LogP contribution in [0.25, 0.3) is 0 Å². The monoisotopic (exact) mass is 225 g/mol. The first-order valence-corrected chi connectivity index (χ1v) is 4.61. The van der Waals surface area contributed by atoms with Gasteiger partial charge in [-0.1, -0.05) is 11.6 Å². The zero-order chi connectivity index (χ0) is 11.3. The molecule has 0 amide bonds. The van der Waals surface area contributed by atoms with Crippen LogP contribution >= 0.6 is 11.6 Å². The Hall–Kier alpha value is -1.67. The minimum absolute atomic E-state index is 0.0390. The summed E-state index contributed by atoms with van der Waals surface area (Å²) in [4.78, 5) is 18.9. The lowest BCUT2D eigenvalue weighted by Crippen LogP contribution is -2.16. The lowest BCUT2D eigenvalue weighted by Gasteiger charge is -2.07. The fraction of sp³-hybridized carbons (Fsp3) is 0.333. The minimum Gasteiger partial charge on any atom is -0.465 e. The molecule has 1 atom stereocenters. The maximum atomic E-state index is 11.4. The molecular weight excluding hydrogens is 218 g/mol. The van der Waals surface area contributed by atoms with E-state index in [-0.39, 0.29) is 17.5 Å². The Morgan fingerprint density at radius 3 is 2.87 bits per heavy atom. The third-order valence-corrected chi connectivity index (χ3v) is 1.90. The molecule has 0 aliphatic rings. The lowest BCUT2D eigenvalue weighted by atomic mass is 10.1. The van der Waals surface area contributed by atoms with Gasteiger partial charge in [0.15, 0.2) is 11.1 Å². The molecule has 78 valence electrons. The van der Waals surface area contributed by atoms with Crippen LogP contribution in [0.1, 0.15) is 18.5 Å². The van der Waals surface area contributed by atoms with Gasteiger partial charge < -0.3 is 4.74 Å². The molecule has 0 aromatic carbocycles. The first-order chi connectivity index (χ1) is 7.20. The van der Waals surface area contributed by atoms with E-state index in [9.17, 15) is 4.79 Å². The number of ether oxygens (including phenoxy) is 1. The predicted molar refractivity (Wildman–Crippen MR) is 52.0 cm³/mol. The summed E-state index contributed by atoms with van der Waals surface area (Å²) in [6.45, 7) is 1.86. The van der Waals surface area contributed by atoms with Crippen molar-refractivity contribution < 1.29 is 9.53 Å². The quantitative estimate of drug-likeness (QED) is 0.725. The van der Waals surface area contributed by atoms with Crippen molar-refractivity contribution in [1.82, 2.24) is 9.97 Å². The number of nitrogens with zero attached hydrogens (tertiary/aromatic N) is 3. The Kier molecular flexibility index (Phi) is 4.01. The molecule has 1 aromatic rings. The molecular formula is C9H8ClN3O2. The van der Waals surface area contributed by atoms with E-state index in [1.807, 2.05) is 0 Å². The minimum atomic E-state index is -1.12. The second-order valence-electron chi connectivity index (χ2n) is 2.55. The SMILES string of the molecule is CCOC(=O)[C@@H](C#N)c1nccnc1Cl. The van der Waals surface area contributed by atoms with Crippen molar-refractivity contribution in [2.24, 2.45) is 0 Å². The van der Waals surface area contributed by atoms with E-state index >= 15 is 0 Å². The van der Waals surface area contributed by atoms with Crippen LogP contribution in [0.4, 0.5) is 0 Å². The molecule has 6 heteroatoms. The Bertz CT molecular complexity index is 403. The second kappa shape index (κ2) is 5.27. The molecule has 0 unspecified atom stereocenters. The van der Waals surface area contributed by atoms with Crippen molar-refractivity contribution in [3.63, 3.8) is 0 Å². The van der Waals surface area contributed by atoms with Gasteiger partial charge in [0.1, 0.15) is 5.69 Å². The van der Waals surface area contributed by atoms with Crippen molar-refractivity contribution in [1.29, 1.82) is 5.26 Å². The Labute approximate surface area is 91.7 Å². The highest BCUT2D eigenvalue weighted by Gasteiger charge is 2.25. The number of hydrogen-bond acceptors (Lipinski definition) is 5. The van der Waals surface area contributed by atoms with Crippen molar-refractivity contribution in [3.8, 4) is 6.07 Å². The summed E-state index contributed by atoms with van der Waals surface area (Å²) in [5.41, 5.74) is 0.125. The summed E-state index contributed by atoms with van der Waals surface area (Å²) in [5.74, 6) is -1.78. The van der Waals surface area contributed by atoms with Gasteiger partial charge in [0.2, 0.25) is 0 Å². The predicted octanol–water partition coefficient (Wildman–Crippen LogP) is 1.30. The average Bonchev–Trinajstić information content (AvgIpc) is 2.22. The number of rotatable bonds is 3. The number of carbonyl (C=O) groups is 1. The number of hydrogen-bond donors (Lipinski definition) is 0. The van der Waals surface area contributed by atoms with Crippen LogP contribution < -0.4 is 0 Å². The summed E-state index contributed by atoms with van der Waals surface area (Å²) in [6.07, 6.45) is 2.75. The van der Waals surface area contributed by atoms with Crippen LogP contribution in [0.5, 0.6) is 0 Å². The maximum Gasteiger partial charge on any atom is 0.329 e. The van der Waals surface area contributed by atoms with Gasteiger partial charge in [-0.15, -0.1) is 0 Å². The van der Waals surface area contributed by atoms with Crippen LogP contribution in [-0.4, -0.2) is 22.5 Å². The summed E-state index contributed by atoms with van der Waals surface area (Å²) >= 11 is 5.71. The highest BCUT2D eigenvalue weighted by atomic mass is 35.5. The molecule has 0 bridgehead atoms. The second-order valence-corrected chi connectivity index (χ2v) is 2.90. The average molecular weight is 226 g/mol. The van der Waals surface area contributed by atoms with E-state index in [0.717, 1.165) is 0 Å². The van der Waals surface area contributed by atoms with Gasteiger partial charge in [0.05, 0.1) is 12.7 Å². The molecule has 0 radical (unpaired) electrons. The van der Waals surface area contributed by atoms with Crippen molar-refractivity contribution >= 4 is 17.6 Å². The number of aromatic nitrogens is 2. The molecule has 1 aromatic heterocycles. The van der Waals surface area contributed by atoms with Gasteiger partial charge in [-0.2, -0.15) is 5.26 Å². The molecule has 0 saturated heterocycles. The van der Waals surface area contributed by atoms with E-state index in [2.05, 4.69) is 9.97 Å². The Morgan fingerprint density at radius 1 is 1.67 bits per heavy atom. The zero-order valence-electron chi connectivity index (χ0n) is 7.98. The van der Waals surface area contributed by atoms with Crippen molar-refractivity contribution in [3.05, 3.63) is 23.2 Å². The Morgan fingerprint density at radius 2 is 2.33 bits per heavy atom. The number of esters is 1. The van der Waals surface area contributed by atoms with Crippen molar-refractivity contribution in [2.75, 3.05) is 6.61 Å². The number of halogens is 1. The van der Waals surface area contributed by atoms with Crippen LogP contribution in [0.15, 0.2) is 12.4 Å². The molecule has 15 heavy (non-hydrogen) atoms. The lowest BCUT2D eigenvalue weighted by molar-refractivity contribution is -0.143. The third kappa shape index (κ3) is 2.64. The van der Waals surface area contributed by atoms with Crippen LogP contribution in [0.3, 0.4) is 0 Å². The smallest absolute Gasteiger partial charge is 0.329 e. The van der Waals surface area contributed by atoms with Gasteiger partial charge in [-0.3, -0.25) is 9.78 Å². The molecule has 1 heterocycles. The molecule has 5 nitrogen and oxygen atoms in total. The summed E-state index contributed by atoms with van der Waals surface area (Å²) in [5, 5.41) is 8.86. The zero-order valence-corrected chi connectivity index (χ0v) is 8.73. The van der Waals surface area contributed by atoms with Crippen molar-refractivity contribution in [2.45, 2.75) is 12.8 Å². The maximum absolute atomic E-state index is 11.4. The van der Waals surface area contributed by atoms with E-state index < -0.39 is 11.9 Å². The van der Waals surface area contributed by atoms with Gasteiger partial charge in [0.25, 0.3) is 0 Å². The van der Waals surface area contributed by atoms with Crippen LogP contribution in [0.2, 0.25) is 5.15 Å². The van der Waals surface area contributed by atoms with Crippen LogP contribution in [-0.2, 0) is 9.53 Å². The fourth-order valence-corrected chi connectivity index (χ4v) is 1.19.